The first-order valence-corrected chi connectivity index (χ1v) is 12.1. The number of benzene rings is 2. The Morgan fingerprint density at radius 1 is 1.10 bits per heavy atom. The molecule has 1 aromatic heterocycles. The van der Waals surface area contributed by atoms with Crippen molar-refractivity contribution in [3.63, 3.8) is 0 Å². The molecule has 1 amide bonds. The van der Waals surface area contributed by atoms with E-state index in [0.29, 0.717) is 22.3 Å². The Balaban J connectivity index is 1.43. The van der Waals surface area contributed by atoms with E-state index in [2.05, 4.69) is 21.9 Å². The molecule has 156 valence electrons. The summed E-state index contributed by atoms with van der Waals surface area (Å²) in [6.45, 7) is 4.13. The van der Waals surface area contributed by atoms with Gasteiger partial charge in [-0.25, -0.2) is 13.4 Å². The van der Waals surface area contributed by atoms with Crippen LogP contribution in [-0.2, 0) is 22.9 Å². The van der Waals surface area contributed by atoms with Crippen LogP contribution in [0.25, 0.3) is 0 Å². The van der Waals surface area contributed by atoms with Gasteiger partial charge >= 0.3 is 0 Å². The second kappa shape index (κ2) is 8.20. The van der Waals surface area contributed by atoms with Crippen molar-refractivity contribution in [1.82, 2.24) is 4.98 Å². The average Bonchev–Trinajstić information content (AvgIpc) is 3.09. The van der Waals surface area contributed by atoms with E-state index < -0.39 is 10.0 Å². The lowest BCUT2D eigenvalue weighted by Crippen LogP contribution is -2.14. The van der Waals surface area contributed by atoms with Crippen molar-refractivity contribution in [3.05, 3.63) is 70.2 Å². The summed E-state index contributed by atoms with van der Waals surface area (Å²) in [5, 5.41) is 3.47. The lowest BCUT2D eigenvalue weighted by Gasteiger charge is -2.15. The van der Waals surface area contributed by atoms with Crippen molar-refractivity contribution in [1.29, 1.82) is 0 Å². The Morgan fingerprint density at radius 3 is 2.50 bits per heavy atom. The van der Waals surface area contributed by atoms with Gasteiger partial charge in [-0.15, -0.1) is 11.3 Å². The van der Waals surface area contributed by atoms with E-state index in [4.69, 9.17) is 0 Å². The van der Waals surface area contributed by atoms with Crippen LogP contribution in [0.5, 0.6) is 0 Å². The largest absolute Gasteiger partial charge is 0.298 e. The summed E-state index contributed by atoms with van der Waals surface area (Å²) in [7, 11) is -3.68. The van der Waals surface area contributed by atoms with Crippen LogP contribution in [0.2, 0.25) is 0 Å². The molecule has 1 aliphatic rings. The highest BCUT2D eigenvalue weighted by Crippen LogP contribution is 2.32. The minimum absolute atomic E-state index is 0.192. The third-order valence-corrected chi connectivity index (χ3v) is 7.57. The summed E-state index contributed by atoms with van der Waals surface area (Å²) in [4.78, 5) is 18.6. The van der Waals surface area contributed by atoms with Crippen molar-refractivity contribution >= 4 is 38.1 Å². The van der Waals surface area contributed by atoms with Gasteiger partial charge in [0.2, 0.25) is 0 Å². The van der Waals surface area contributed by atoms with Gasteiger partial charge in [0.05, 0.1) is 10.6 Å². The number of thiazole rings is 1. The number of nitrogens with zero attached hydrogens (tertiary/aromatic N) is 1. The molecule has 0 saturated carbocycles. The Labute approximate surface area is 180 Å². The fraction of sp³-hybridized carbons (Fsp3) is 0.273. The average molecular weight is 442 g/mol. The highest BCUT2D eigenvalue weighted by Gasteiger charge is 2.21. The van der Waals surface area contributed by atoms with E-state index >= 15 is 0 Å². The number of hydrogen-bond acceptors (Lipinski definition) is 5. The van der Waals surface area contributed by atoms with Gasteiger partial charge in [-0.2, -0.15) is 0 Å². The zero-order chi connectivity index (χ0) is 21.3. The molecule has 1 aliphatic carbocycles. The van der Waals surface area contributed by atoms with Crippen LogP contribution < -0.4 is 10.0 Å². The summed E-state index contributed by atoms with van der Waals surface area (Å²) in [6.07, 6.45) is 3.10. The molecule has 8 heteroatoms. The molecule has 1 heterocycles. The van der Waals surface area contributed by atoms with Crippen LogP contribution in [0.4, 0.5) is 10.8 Å². The zero-order valence-electron chi connectivity index (χ0n) is 16.8. The monoisotopic (exact) mass is 441 g/mol. The smallest absolute Gasteiger partial charge is 0.261 e. The number of carbonyl (C=O) groups is 1. The zero-order valence-corrected chi connectivity index (χ0v) is 18.4. The van der Waals surface area contributed by atoms with Crippen LogP contribution in [0.1, 0.15) is 39.8 Å². The van der Waals surface area contributed by atoms with E-state index in [-0.39, 0.29) is 10.8 Å². The first-order chi connectivity index (χ1) is 14.3. The maximum absolute atomic E-state index is 12.6. The number of anilines is 2. The molecule has 30 heavy (non-hydrogen) atoms. The topological polar surface area (TPSA) is 88.2 Å². The Morgan fingerprint density at radius 2 is 1.80 bits per heavy atom. The third kappa shape index (κ3) is 4.55. The summed E-state index contributed by atoms with van der Waals surface area (Å²) < 4.78 is 27.5. The van der Waals surface area contributed by atoms with Crippen molar-refractivity contribution in [2.24, 2.45) is 5.92 Å². The van der Waals surface area contributed by atoms with E-state index in [1.165, 1.54) is 16.2 Å². The molecule has 3 aromatic rings. The molecular formula is C22H23N3O3S2. The van der Waals surface area contributed by atoms with Crippen LogP contribution >= 0.6 is 11.3 Å². The van der Waals surface area contributed by atoms with Crippen LogP contribution in [0.3, 0.4) is 0 Å². The van der Waals surface area contributed by atoms with Gasteiger partial charge in [-0.3, -0.25) is 14.8 Å². The summed E-state index contributed by atoms with van der Waals surface area (Å²) in [5.41, 5.74) is 2.91. The minimum atomic E-state index is -3.68. The number of fused-ring (bicyclic) bond motifs is 1. The number of nitrogens with one attached hydrogen (secondary N) is 2. The molecule has 0 radical (unpaired) electrons. The Bertz CT molecular complexity index is 1170. The molecule has 0 saturated heterocycles. The van der Waals surface area contributed by atoms with E-state index in [9.17, 15) is 13.2 Å². The van der Waals surface area contributed by atoms with Gasteiger partial charge in [-0.05, 0) is 68.5 Å². The summed E-state index contributed by atoms with van der Waals surface area (Å²) in [6, 6.07) is 13.0. The number of sulfonamides is 1. The van der Waals surface area contributed by atoms with Gasteiger partial charge in [0.15, 0.2) is 5.13 Å². The summed E-state index contributed by atoms with van der Waals surface area (Å²) >= 11 is 1.54. The highest BCUT2D eigenvalue weighted by atomic mass is 32.2. The molecule has 0 fully saturated rings. The molecule has 2 aromatic carbocycles. The van der Waals surface area contributed by atoms with Gasteiger partial charge in [0.25, 0.3) is 15.9 Å². The second-order valence-electron chi connectivity index (χ2n) is 7.69. The van der Waals surface area contributed by atoms with Crippen LogP contribution in [-0.4, -0.2) is 19.3 Å². The van der Waals surface area contributed by atoms with Gasteiger partial charge in [-0.1, -0.05) is 24.6 Å². The fourth-order valence-corrected chi connectivity index (χ4v) is 5.61. The van der Waals surface area contributed by atoms with Gasteiger partial charge in [0, 0.05) is 16.1 Å². The third-order valence-electron chi connectivity index (χ3n) is 5.14. The van der Waals surface area contributed by atoms with Crippen molar-refractivity contribution in [3.8, 4) is 0 Å². The van der Waals surface area contributed by atoms with Crippen molar-refractivity contribution in [2.75, 3.05) is 10.0 Å². The fourth-order valence-electron chi connectivity index (χ4n) is 3.38. The standard InChI is InChI=1S/C22H23N3O3S2/c1-14-3-10-18(11-4-14)30(27,28)25-17-8-6-16(7-9-17)21(26)24-22-23-19-12-5-15(2)13-20(19)29-22/h3-4,6-11,15,25H,5,12-13H2,1-2H3,(H,23,24,26). The Hall–Kier alpha value is -2.71. The van der Waals surface area contributed by atoms with Gasteiger partial charge < -0.3 is 0 Å². The second-order valence-corrected chi connectivity index (χ2v) is 10.5. The first-order valence-electron chi connectivity index (χ1n) is 9.79. The first kappa shape index (κ1) is 20.6. The van der Waals surface area contributed by atoms with Crippen LogP contribution in [0.15, 0.2) is 53.4 Å². The van der Waals surface area contributed by atoms with Crippen molar-refractivity contribution in [2.45, 2.75) is 38.0 Å². The number of carbonyl (C=O) groups excluding carboxylic acids is 1. The highest BCUT2D eigenvalue weighted by molar-refractivity contribution is 7.92. The molecule has 4 rings (SSSR count). The van der Waals surface area contributed by atoms with Gasteiger partial charge in [0.1, 0.15) is 0 Å². The maximum atomic E-state index is 12.6. The number of hydrogen-bond donors (Lipinski definition) is 2. The number of aromatic nitrogens is 1. The molecule has 0 spiro atoms. The molecule has 0 aliphatic heterocycles. The normalized spacial score (nSPS) is 16.0. The van der Waals surface area contributed by atoms with E-state index in [1.54, 1.807) is 48.5 Å². The minimum Gasteiger partial charge on any atom is -0.298 e. The quantitative estimate of drug-likeness (QED) is 0.604. The number of amides is 1. The Kier molecular flexibility index (Phi) is 5.62. The predicted octanol–water partition coefficient (Wildman–Crippen LogP) is 4.63. The summed E-state index contributed by atoms with van der Waals surface area (Å²) in [5.74, 6) is 0.389. The van der Waals surface area contributed by atoms with E-state index in [1.807, 2.05) is 6.92 Å². The molecular weight excluding hydrogens is 418 g/mol. The molecule has 1 atom stereocenters. The molecule has 1 unspecified atom stereocenters. The van der Waals surface area contributed by atoms with Crippen molar-refractivity contribution < 1.29 is 13.2 Å². The predicted molar refractivity (Wildman–Crippen MR) is 120 cm³/mol. The lowest BCUT2D eigenvalue weighted by atomic mass is 9.93. The number of aryl methyl sites for hydroxylation is 2. The SMILES string of the molecule is Cc1ccc(S(=O)(=O)Nc2ccc(C(=O)Nc3nc4c(s3)CC(C)CC4)cc2)cc1. The van der Waals surface area contributed by atoms with Crippen LogP contribution in [0, 0.1) is 12.8 Å². The molecule has 0 bridgehead atoms. The van der Waals surface area contributed by atoms with E-state index in [0.717, 1.165) is 30.5 Å². The molecule has 6 nitrogen and oxygen atoms in total. The maximum Gasteiger partial charge on any atom is 0.261 e. The lowest BCUT2D eigenvalue weighted by molar-refractivity contribution is 0.102. The molecule has 2 N–H and O–H groups in total. The number of rotatable bonds is 5.